The van der Waals surface area contributed by atoms with E-state index in [0.29, 0.717) is 6.42 Å². The van der Waals surface area contributed by atoms with Crippen LogP contribution in [0, 0.1) is 17.2 Å². The molecule has 14 heavy (non-hydrogen) atoms. The third-order valence-electron chi connectivity index (χ3n) is 1.90. The highest BCUT2D eigenvalue weighted by molar-refractivity contribution is 4.68. The van der Waals surface area contributed by atoms with Crippen LogP contribution in [0.2, 0.25) is 0 Å². The van der Waals surface area contributed by atoms with E-state index < -0.39 is 0 Å². The standard InChI is InChI=1S/C11H22N2O/c1-11(2)5-9-14-10-8-13-7-4-3-6-12/h11,13H,3-5,7-10H2,1-2H3. The molecule has 0 aromatic rings. The van der Waals surface area contributed by atoms with Crippen molar-refractivity contribution in [3.63, 3.8) is 0 Å². The van der Waals surface area contributed by atoms with Crippen molar-refractivity contribution in [1.29, 1.82) is 5.26 Å². The van der Waals surface area contributed by atoms with Gasteiger partial charge in [-0.1, -0.05) is 13.8 Å². The van der Waals surface area contributed by atoms with Gasteiger partial charge in [-0.25, -0.2) is 0 Å². The highest BCUT2D eigenvalue weighted by Crippen LogP contribution is 1.98. The van der Waals surface area contributed by atoms with Gasteiger partial charge in [0.25, 0.3) is 0 Å². The minimum atomic E-state index is 0.640. The van der Waals surface area contributed by atoms with Gasteiger partial charge in [0.05, 0.1) is 12.7 Å². The first-order chi connectivity index (χ1) is 6.77. The zero-order chi connectivity index (χ0) is 10.6. The lowest BCUT2D eigenvalue weighted by molar-refractivity contribution is 0.125. The molecule has 82 valence electrons. The van der Waals surface area contributed by atoms with Crippen LogP contribution in [0.3, 0.4) is 0 Å². The van der Waals surface area contributed by atoms with E-state index in [-0.39, 0.29) is 0 Å². The quantitative estimate of drug-likeness (QED) is 0.576. The van der Waals surface area contributed by atoms with Gasteiger partial charge >= 0.3 is 0 Å². The molecule has 0 heterocycles. The maximum atomic E-state index is 8.29. The molecular formula is C11H22N2O. The summed E-state index contributed by atoms with van der Waals surface area (Å²) in [7, 11) is 0. The van der Waals surface area contributed by atoms with Crippen LogP contribution < -0.4 is 5.32 Å². The predicted molar refractivity (Wildman–Crippen MR) is 58.0 cm³/mol. The normalized spacial score (nSPS) is 10.4. The molecule has 0 aromatic carbocycles. The molecule has 0 radical (unpaired) electrons. The number of rotatable bonds is 9. The topological polar surface area (TPSA) is 45.0 Å². The van der Waals surface area contributed by atoms with E-state index in [1.165, 1.54) is 0 Å². The van der Waals surface area contributed by atoms with Crippen LogP contribution in [0.4, 0.5) is 0 Å². The van der Waals surface area contributed by atoms with Gasteiger partial charge in [0.15, 0.2) is 0 Å². The van der Waals surface area contributed by atoms with Gasteiger partial charge in [-0.3, -0.25) is 0 Å². The summed E-state index contributed by atoms with van der Waals surface area (Å²) in [6.45, 7) is 7.84. The zero-order valence-electron chi connectivity index (χ0n) is 9.38. The Balaban J connectivity index is 2.89. The van der Waals surface area contributed by atoms with Gasteiger partial charge in [-0.05, 0) is 25.3 Å². The van der Waals surface area contributed by atoms with Crippen LogP contribution in [-0.2, 0) is 4.74 Å². The molecule has 3 nitrogen and oxygen atoms in total. The summed E-state index contributed by atoms with van der Waals surface area (Å²) >= 11 is 0. The largest absolute Gasteiger partial charge is 0.380 e. The van der Waals surface area contributed by atoms with Gasteiger partial charge in [-0.2, -0.15) is 5.26 Å². The Morgan fingerprint density at radius 1 is 1.29 bits per heavy atom. The molecule has 0 atom stereocenters. The number of nitriles is 1. The molecular weight excluding hydrogens is 176 g/mol. The van der Waals surface area contributed by atoms with E-state index in [1.807, 2.05) is 0 Å². The van der Waals surface area contributed by atoms with E-state index in [4.69, 9.17) is 10.00 Å². The highest BCUT2D eigenvalue weighted by atomic mass is 16.5. The first-order valence-corrected chi connectivity index (χ1v) is 5.42. The molecule has 0 amide bonds. The number of hydrogen-bond acceptors (Lipinski definition) is 3. The van der Waals surface area contributed by atoms with E-state index >= 15 is 0 Å². The first-order valence-electron chi connectivity index (χ1n) is 5.42. The van der Waals surface area contributed by atoms with Crippen molar-refractivity contribution < 1.29 is 4.74 Å². The number of nitrogens with zero attached hydrogens (tertiary/aromatic N) is 1. The van der Waals surface area contributed by atoms with Gasteiger partial charge in [0.2, 0.25) is 0 Å². The maximum Gasteiger partial charge on any atom is 0.0622 e. The predicted octanol–water partition coefficient (Wildman–Crippen LogP) is 1.94. The Hall–Kier alpha value is -0.590. The molecule has 0 bridgehead atoms. The molecule has 0 aromatic heterocycles. The van der Waals surface area contributed by atoms with Crippen LogP contribution >= 0.6 is 0 Å². The Kier molecular flexibility index (Phi) is 10.0. The van der Waals surface area contributed by atoms with E-state index in [0.717, 1.165) is 45.1 Å². The third kappa shape index (κ3) is 11.4. The minimum absolute atomic E-state index is 0.640. The lowest BCUT2D eigenvalue weighted by Crippen LogP contribution is -2.21. The van der Waals surface area contributed by atoms with Gasteiger partial charge in [-0.15, -0.1) is 0 Å². The maximum absolute atomic E-state index is 8.29. The Morgan fingerprint density at radius 3 is 2.71 bits per heavy atom. The number of hydrogen-bond donors (Lipinski definition) is 1. The van der Waals surface area contributed by atoms with Gasteiger partial charge in [0.1, 0.15) is 0 Å². The third-order valence-corrected chi connectivity index (χ3v) is 1.90. The lowest BCUT2D eigenvalue weighted by Gasteiger charge is -2.06. The van der Waals surface area contributed by atoms with Crippen molar-refractivity contribution in [1.82, 2.24) is 5.32 Å². The van der Waals surface area contributed by atoms with Crippen molar-refractivity contribution in [2.45, 2.75) is 33.1 Å². The minimum Gasteiger partial charge on any atom is -0.380 e. The van der Waals surface area contributed by atoms with Gasteiger partial charge in [0, 0.05) is 19.6 Å². The van der Waals surface area contributed by atoms with E-state index in [2.05, 4.69) is 25.2 Å². The molecule has 0 saturated carbocycles. The zero-order valence-corrected chi connectivity index (χ0v) is 9.38. The summed E-state index contributed by atoms with van der Waals surface area (Å²) in [5.74, 6) is 0.721. The molecule has 0 unspecified atom stereocenters. The van der Waals surface area contributed by atoms with Crippen molar-refractivity contribution in [2.24, 2.45) is 5.92 Å². The van der Waals surface area contributed by atoms with Crippen molar-refractivity contribution >= 4 is 0 Å². The summed E-state index contributed by atoms with van der Waals surface area (Å²) < 4.78 is 5.42. The van der Waals surface area contributed by atoms with Crippen molar-refractivity contribution in [3.05, 3.63) is 0 Å². The Morgan fingerprint density at radius 2 is 2.07 bits per heavy atom. The van der Waals surface area contributed by atoms with Crippen molar-refractivity contribution in [2.75, 3.05) is 26.3 Å². The SMILES string of the molecule is CC(C)CCOCCNCCCC#N. The molecule has 0 fully saturated rings. The summed E-state index contributed by atoms with van der Waals surface area (Å²) in [6, 6.07) is 2.12. The summed E-state index contributed by atoms with van der Waals surface area (Å²) in [4.78, 5) is 0. The Bertz CT molecular complexity index is 152. The number of unbranched alkanes of at least 4 members (excludes halogenated alkanes) is 1. The second-order valence-corrected chi connectivity index (χ2v) is 3.81. The number of nitrogens with one attached hydrogen (secondary N) is 1. The van der Waals surface area contributed by atoms with E-state index in [1.54, 1.807) is 0 Å². The monoisotopic (exact) mass is 198 g/mol. The summed E-state index contributed by atoms with van der Waals surface area (Å²) in [5, 5.41) is 11.5. The average Bonchev–Trinajstić information content (AvgIpc) is 2.15. The average molecular weight is 198 g/mol. The molecule has 1 N–H and O–H groups in total. The van der Waals surface area contributed by atoms with Crippen LogP contribution in [0.25, 0.3) is 0 Å². The molecule has 0 spiro atoms. The summed E-state index contributed by atoms with van der Waals surface area (Å²) in [5.41, 5.74) is 0. The van der Waals surface area contributed by atoms with Crippen LogP contribution in [0.1, 0.15) is 33.1 Å². The highest BCUT2D eigenvalue weighted by Gasteiger charge is 1.93. The molecule has 0 rings (SSSR count). The van der Waals surface area contributed by atoms with Crippen LogP contribution in [0.5, 0.6) is 0 Å². The van der Waals surface area contributed by atoms with Crippen LogP contribution in [-0.4, -0.2) is 26.3 Å². The lowest BCUT2D eigenvalue weighted by atomic mass is 10.1. The molecule has 0 aliphatic rings. The second kappa shape index (κ2) is 10.5. The molecule has 0 aliphatic carbocycles. The molecule has 0 saturated heterocycles. The first kappa shape index (κ1) is 13.4. The van der Waals surface area contributed by atoms with Crippen LogP contribution in [0.15, 0.2) is 0 Å². The van der Waals surface area contributed by atoms with Crippen molar-refractivity contribution in [3.8, 4) is 6.07 Å². The van der Waals surface area contributed by atoms with Gasteiger partial charge < -0.3 is 10.1 Å². The summed E-state index contributed by atoms with van der Waals surface area (Å²) in [6.07, 6.45) is 2.71. The smallest absolute Gasteiger partial charge is 0.0622 e. The molecule has 0 aliphatic heterocycles. The Labute approximate surface area is 87.4 Å². The fraction of sp³-hybridized carbons (Fsp3) is 0.909. The fourth-order valence-electron chi connectivity index (χ4n) is 0.983. The second-order valence-electron chi connectivity index (χ2n) is 3.81. The van der Waals surface area contributed by atoms with E-state index in [9.17, 15) is 0 Å². The fourth-order valence-corrected chi connectivity index (χ4v) is 0.983. The molecule has 3 heteroatoms. The number of ether oxygens (including phenoxy) is 1.